The van der Waals surface area contributed by atoms with Gasteiger partial charge in [0.2, 0.25) is 10.0 Å². The molecule has 2 aliphatic heterocycles. The fraction of sp³-hybridized carbons (Fsp3) is 0.433. The molecule has 1 aromatic heterocycles. The van der Waals surface area contributed by atoms with Crippen LogP contribution in [-0.2, 0) is 24.6 Å². The van der Waals surface area contributed by atoms with Gasteiger partial charge in [0.05, 0.1) is 34.4 Å². The van der Waals surface area contributed by atoms with Crippen LogP contribution in [0.3, 0.4) is 0 Å². The van der Waals surface area contributed by atoms with Gasteiger partial charge >= 0.3 is 0 Å². The molecule has 2 atom stereocenters. The second-order valence-corrected chi connectivity index (χ2v) is 15.0. The molecule has 3 aromatic rings. The van der Waals surface area contributed by atoms with Gasteiger partial charge in [0.15, 0.2) is 9.84 Å². The van der Waals surface area contributed by atoms with E-state index in [1.165, 1.54) is 16.4 Å². The van der Waals surface area contributed by atoms with Crippen molar-refractivity contribution in [3.63, 3.8) is 0 Å². The first-order chi connectivity index (χ1) is 20.6. The molecule has 2 aliphatic rings. The van der Waals surface area contributed by atoms with Crippen LogP contribution in [0.1, 0.15) is 19.3 Å². The van der Waals surface area contributed by atoms with Crippen LogP contribution < -0.4 is 10.1 Å². The molecule has 2 fully saturated rings. The molecule has 13 heteroatoms. The molecule has 2 aromatic carbocycles. The number of aliphatic hydroxyl groups is 2. The molecule has 0 unspecified atom stereocenters. The van der Waals surface area contributed by atoms with Crippen molar-refractivity contribution in [3.8, 4) is 16.9 Å². The smallest absolute Gasteiger partial charge is 0.243 e. The minimum Gasteiger partial charge on any atom is -0.491 e. The lowest BCUT2D eigenvalue weighted by Crippen LogP contribution is -2.47. The fourth-order valence-electron chi connectivity index (χ4n) is 5.52. The summed E-state index contributed by atoms with van der Waals surface area (Å²) in [6.07, 6.45) is 4.44. The molecule has 0 bridgehead atoms. The Morgan fingerprint density at radius 2 is 1.70 bits per heavy atom. The number of benzene rings is 2. The van der Waals surface area contributed by atoms with Gasteiger partial charge in [-0.25, -0.2) is 16.8 Å². The maximum atomic E-state index is 13.3. The van der Waals surface area contributed by atoms with E-state index in [1.807, 2.05) is 24.3 Å². The summed E-state index contributed by atoms with van der Waals surface area (Å²) in [4.78, 5) is 4.34. The first-order valence-corrected chi connectivity index (χ1v) is 17.3. The Balaban J connectivity index is 1.07. The van der Waals surface area contributed by atoms with Crippen LogP contribution in [0.15, 0.2) is 82.8 Å². The highest BCUT2D eigenvalue weighted by atomic mass is 32.2. The number of piperidine rings is 1. The van der Waals surface area contributed by atoms with E-state index in [1.54, 1.807) is 36.7 Å². The van der Waals surface area contributed by atoms with Crippen molar-refractivity contribution >= 4 is 19.9 Å². The van der Waals surface area contributed by atoms with Gasteiger partial charge in [-0.1, -0.05) is 18.2 Å². The van der Waals surface area contributed by atoms with Gasteiger partial charge in [0.1, 0.15) is 18.5 Å². The van der Waals surface area contributed by atoms with E-state index in [2.05, 4.69) is 10.3 Å². The molecular formula is C30H37N3O8S2. The van der Waals surface area contributed by atoms with Crippen molar-refractivity contribution in [2.75, 3.05) is 45.2 Å². The zero-order valence-electron chi connectivity index (χ0n) is 23.7. The highest BCUT2D eigenvalue weighted by Gasteiger charge is 2.44. The number of aliphatic hydroxyl groups excluding tert-OH is 2. The van der Waals surface area contributed by atoms with E-state index >= 15 is 0 Å². The van der Waals surface area contributed by atoms with E-state index in [0.29, 0.717) is 44.7 Å². The molecule has 11 nitrogen and oxygen atoms in total. The number of sulfone groups is 1. The predicted octanol–water partition coefficient (Wildman–Crippen LogP) is 1.86. The average Bonchev–Trinajstić information content (AvgIpc) is 3.41. The highest BCUT2D eigenvalue weighted by molar-refractivity contribution is 7.91. The normalized spacial score (nSPS) is 19.8. The van der Waals surface area contributed by atoms with Gasteiger partial charge in [-0.2, -0.15) is 4.31 Å². The number of aromatic nitrogens is 1. The van der Waals surface area contributed by atoms with Crippen LogP contribution in [0, 0.1) is 0 Å². The second kappa shape index (κ2) is 13.4. The Hall–Kier alpha value is -2.91. The van der Waals surface area contributed by atoms with Crippen LogP contribution in [0.4, 0.5) is 0 Å². The Morgan fingerprint density at radius 1 is 1.00 bits per heavy atom. The lowest BCUT2D eigenvalue weighted by molar-refractivity contribution is -0.0312. The SMILES string of the molecule is O=S(=O)(CCO)c1cccc(OC[C@@H](O)CN[C@H]2COC3(CCN(S(=O)(=O)c4ccc(-c5ccncc5)cc4)CC3)C2)c1. The molecule has 1 spiro atoms. The minimum atomic E-state index is -3.63. The summed E-state index contributed by atoms with van der Waals surface area (Å²) in [7, 11) is -7.23. The van der Waals surface area contributed by atoms with Crippen molar-refractivity contribution in [1.29, 1.82) is 0 Å². The van der Waals surface area contributed by atoms with Gasteiger partial charge in [-0.3, -0.25) is 4.98 Å². The van der Waals surface area contributed by atoms with E-state index in [0.717, 1.165) is 11.1 Å². The molecule has 0 amide bonds. The van der Waals surface area contributed by atoms with Crippen LogP contribution in [0.5, 0.6) is 5.75 Å². The number of nitrogens with zero attached hydrogens (tertiary/aromatic N) is 2. The maximum Gasteiger partial charge on any atom is 0.243 e. The first-order valence-electron chi connectivity index (χ1n) is 14.2. The molecule has 3 heterocycles. The van der Waals surface area contributed by atoms with Crippen molar-refractivity contribution < 1.29 is 36.5 Å². The molecule has 232 valence electrons. The molecule has 0 saturated carbocycles. The summed E-state index contributed by atoms with van der Waals surface area (Å²) >= 11 is 0. The van der Waals surface area contributed by atoms with Crippen molar-refractivity contribution in [2.24, 2.45) is 0 Å². The van der Waals surface area contributed by atoms with Crippen LogP contribution >= 0.6 is 0 Å². The third kappa shape index (κ3) is 7.60. The Morgan fingerprint density at radius 3 is 2.40 bits per heavy atom. The van der Waals surface area contributed by atoms with Crippen molar-refractivity contribution in [3.05, 3.63) is 73.1 Å². The Bertz CT molecular complexity index is 1580. The van der Waals surface area contributed by atoms with Crippen LogP contribution in [0.2, 0.25) is 0 Å². The van der Waals surface area contributed by atoms with Gasteiger partial charge in [-0.15, -0.1) is 0 Å². The number of sulfonamides is 1. The topological polar surface area (TPSA) is 155 Å². The number of rotatable bonds is 12. The van der Waals surface area contributed by atoms with E-state index in [9.17, 15) is 21.9 Å². The zero-order valence-corrected chi connectivity index (χ0v) is 25.3. The largest absolute Gasteiger partial charge is 0.491 e. The lowest BCUT2D eigenvalue weighted by atomic mass is 9.88. The summed E-state index contributed by atoms with van der Waals surface area (Å²) in [6.45, 7) is 0.939. The number of nitrogens with one attached hydrogen (secondary N) is 1. The van der Waals surface area contributed by atoms with Gasteiger partial charge in [0, 0.05) is 38.1 Å². The monoisotopic (exact) mass is 631 g/mol. The minimum absolute atomic E-state index is 0.00508. The molecular weight excluding hydrogens is 594 g/mol. The van der Waals surface area contributed by atoms with Crippen LogP contribution in [0.25, 0.3) is 11.1 Å². The van der Waals surface area contributed by atoms with Gasteiger partial charge < -0.3 is 25.0 Å². The average molecular weight is 632 g/mol. The standard InChI is InChI=1S/C30H37N3O8S2/c34-16-17-42(36,37)29-3-1-2-27(18-29)40-22-26(35)20-32-25-19-30(41-21-25)10-14-33(15-11-30)43(38,39)28-6-4-23(5-7-28)24-8-12-31-13-9-24/h1-9,12-13,18,25-26,32,34-35H,10-11,14-17,19-22H2/t25-,26+/m1/s1. The van der Waals surface area contributed by atoms with Crippen molar-refractivity contribution in [1.82, 2.24) is 14.6 Å². The number of pyridine rings is 1. The molecule has 43 heavy (non-hydrogen) atoms. The first kappa shape index (κ1) is 31.5. The number of hydrogen-bond acceptors (Lipinski definition) is 10. The number of ether oxygens (including phenoxy) is 2. The second-order valence-electron chi connectivity index (χ2n) is 10.9. The third-order valence-corrected chi connectivity index (χ3v) is 11.6. The zero-order chi connectivity index (χ0) is 30.5. The predicted molar refractivity (Wildman–Crippen MR) is 160 cm³/mol. The van der Waals surface area contributed by atoms with Gasteiger partial charge in [0.25, 0.3) is 0 Å². The Labute approximate surface area is 252 Å². The summed E-state index contributed by atoms with van der Waals surface area (Å²) in [6, 6.07) is 16.6. The van der Waals surface area contributed by atoms with Gasteiger partial charge in [-0.05, 0) is 72.9 Å². The quantitative estimate of drug-likeness (QED) is 0.270. The molecule has 0 radical (unpaired) electrons. The number of hydrogen-bond donors (Lipinski definition) is 3. The lowest BCUT2D eigenvalue weighted by Gasteiger charge is -2.38. The summed E-state index contributed by atoms with van der Waals surface area (Å²) in [5.74, 6) is -0.0593. The van der Waals surface area contributed by atoms with Crippen LogP contribution in [-0.4, -0.2) is 99.3 Å². The van der Waals surface area contributed by atoms with E-state index < -0.39 is 38.2 Å². The van der Waals surface area contributed by atoms with E-state index in [4.69, 9.17) is 14.6 Å². The summed E-state index contributed by atoms with van der Waals surface area (Å²) in [5, 5.41) is 22.7. The third-order valence-electron chi connectivity index (χ3n) is 7.96. The highest BCUT2D eigenvalue weighted by Crippen LogP contribution is 2.37. The Kier molecular flexibility index (Phi) is 9.81. The molecule has 0 aliphatic carbocycles. The summed E-state index contributed by atoms with van der Waals surface area (Å²) in [5.41, 5.74) is 1.49. The van der Waals surface area contributed by atoms with Crippen molar-refractivity contribution in [2.45, 2.75) is 46.8 Å². The molecule has 3 N–H and O–H groups in total. The maximum absolute atomic E-state index is 13.3. The van der Waals surface area contributed by atoms with E-state index in [-0.39, 0.29) is 34.7 Å². The summed E-state index contributed by atoms with van der Waals surface area (Å²) < 4.78 is 64.3. The molecule has 5 rings (SSSR count). The molecule has 2 saturated heterocycles. The fourth-order valence-corrected chi connectivity index (χ4v) is 8.02.